The van der Waals surface area contributed by atoms with Crippen molar-refractivity contribution in [3.05, 3.63) is 29.8 Å². The molecule has 0 aliphatic carbocycles. The highest BCUT2D eigenvalue weighted by Crippen LogP contribution is 2.09. The van der Waals surface area contributed by atoms with Gasteiger partial charge < -0.3 is 30.7 Å². The summed E-state index contributed by atoms with van der Waals surface area (Å²) in [7, 11) is 1.61. The SMILES string of the molecule is CCNC(=NCCNC(=O)c1ccc(O)cc1)N1CCN(CC(=O)NCCOC)CC1. The fourth-order valence-corrected chi connectivity index (χ4v) is 3.14. The third-order valence-corrected chi connectivity index (χ3v) is 4.79. The number of ether oxygens (including phenoxy) is 1. The molecule has 0 atom stereocenters. The number of rotatable bonds is 10. The molecule has 0 saturated carbocycles. The molecule has 10 nitrogen and oxygen atoms in total. The minimum absolute atomic E-state index is 0.00967. The summed E-state index contributed by atoms with van der Waals surface area (Å²) < 4.78 is 4.94. The minimum atomic E-state index is -0.197. The van der Waals surface area contributed by atoms with Gasteiger partial charge >= 0.3 is 0 Å². The van der Waals surface area contributed by atoms with Crippen LogP contribution in [0.1, 0.15) is 17.3 Å². The average Bonchev–Trinajstić information content (AvgIpc) is 2.77. The van der Waals surface area contributed by atoms with Crippen molar-refractivity contribution in [2.45, 2.75) is 6.92 Å². The van der Waals surface area contributed by atoms with Gasteiger partial charge in [-0.15, -0.1) is 0 Å². The molecule has 0 unspecified atom stereocenters. The number of carbonyl (C=O) groups excluding carboxylic acids is 2. The van der Waals surface area contributed by atoms with Crippen LogP contribution in [0.4, 0.5) is 0 Å². The molecule has 2 amide bonds. The van der Waals surface area contributed by atoms with Crippen molar-refractivity contribution < 1.29 is 19.4 Å². The van der Waals surface area contributed by atoms with Crippen LogP contribution in [0.15, 0.2) is 29.3 Å². The number of guanidine groups is 1. The second-order valence-electron chi connectivity index (χ2n) is 7.14. The Bertz CT molecular complexity index is 717. The molecule has 0 aromatic heterocycles. The molecule has 31 heavy (non-hydrogen) atoms. The number of amides is 2. The Morgan fingerprint density at radius 2 is 1.77 bits per heavy atom. The molecule has 10 heteroatoms. The van der Waals surface area contributed by atoms with Crippen LogP contribution in [0.2, 0.25) is 0 Å². The number of methoxy groups -OCH3 is 1. The third kappa shape index (κ3) is 8.81. The number of piperazine rings is 1. The van der Waals surface area contributed by atoms with Crippen molar-refractivity contribution in [3.63, 3.8) is 0 Å². The smallest absolute Gasteiger partial charge is 0.251 e. The molecule has 0 radical (unpaired) electrons. The number of hydrogen-bond acceptors (Lipinski definition) is 6. The number of hydrogen-bond donors (Lipinski definition) is 4. The Morgan fingerprint density at radius 1 is 1.06 bits per heavy atom. The zero-order valence-corrected chi connectivity index (χ0v) is 18.4. The first-order chi connectivity index (χ1) is 15.0. The summed E-state index contributed by atoms with van der Waals surface area (Å²) in [5.41, 5.74) is 0.496. The minimum Gasteiger partial charge on any atom is -0.508 e. The highest BCUT2D eigenvalue weighted by atomic mass is 16.5. The van der Waals surface area contributed by atoms with Gasteiger partial charge in [-0.05, 0) is 31.2 Å². The van der Waals surface area contributed by atoms with Gasteiger partial charge in [-0.2, -0.15) is 0 Å². The second kappa shape index (κ2) is 13.5. The molecular weight excluding hydrogens is 400 g/mol. The average molecular weight is 435 g/mol. The van der Waals surface area contributed by atoms with Gasteiger partial charge in [0.1, 0.15) is 5.75 Å². The number of nitrogens with zero attached hydrogens (tertiary/aromatic N) is 3. The lowest BCUT2D eigenvalue weighted by atomic mass is 10.2. The predicted octanol–water partition coefficient (Wildman–Crippen LogP) is -0.532. The highest BCUT2D eigenvalue weighted by Gasteiger charge is 2.21. The second-order valence-corrected chi connectivity index (χ2v) is 7.14. The van der Waals surface area contributed by atoms with E-state index in [9.17, 15) is 14.7 Å². The van der Waals surface area contributed by atoms with Crippen LogP contribution in [0.25, 0.3) is 0 Å². The van der Waals surface area contributed by atoms with E-state index in [-0.39, 0.29) is 17.6 Å². The molecule has 1 saturated heterocycles. The van der Waals surface area contributed by atoms with E-state index in [1.54, 1.807) is 19.2 Å². The molecule has 4 N–H and O–H groups in total. The maximum atomic E-state index is 12.1. The molecule has 1 heterocycles. The Hall–Kier alpha value is -2.85. The lowest BCUT2D eigenvalue weighted by molar-refractivity contribution is -0.122. The van der Waals surface area contributed by atoms with Crippen LogP contribution in [0.3, 0.4) is 0 Å². The maximum absolute atomic E-state index is 12.1. The van der Waals surface area contributed by atoms with Crippen molar-refractivity contribution in [3.8, 4) is 5.75 Å². The molecule has 172 valence electrons. The van der Waals surface area contributed by atoms with E-state index in [1.807, 2.05) is 6.92 Å². The number of carbonyl (C=O) groups is 2. The third-order valence-electron chi connectivity index (χ3n) is 4.79. The molecule has 0 bridgehead atoms. The molecule has 1 aliphatic rings. The van der Waals surface area contributed by atoms with Gasteiger partial charge in [-0.1, -0.05) is 0 Å². The van der Waals surface area contributed by atoms with E-state index in [1.165, 1.54) is 12.1 Å². The first kappa shape index (κ1) is 24.4. The Kier molecular flexibility index (Phi) is 10.6. The summed E-state index contributed by atoms with van der Waals surface area (Å²) in [6.07, 6.45) is 0. The fraction of sp³-hybridized carbons (Fsp3) is 0.571. The molecule has 2 rings (SSSR count). The van der Waals surface area contributed by atoms with Gasteiger partial charge in [0.2, 0.25) is 5.91 Å². The van der Waals surface area contributed by atoms with Gasteiger partial charge in [0.25, 0.3) is 5.91 Å². The standard InChI is InChI=1S/C21H34N6O4/c1-3-22-21(25-9-8-24-20(30)17-4-6-18(28)7-5-17)27-13-11-26(12-14-27)16-19(29)23-10-15-31-2/h4-7,28H,3,8-16H2,1-2H3,(H,22,25)(H,23,29)(H,24,30). The van der Waals surface area contributed by atoms with E-state index in [0.717, 1.165) is 38.7 Å². The summed E-state index contributed by atoms with van der Waals surface area (Å²) >= 11 is 0. The zero-order chi connectivity index (χ0) is 22.5. The van der Waals surface area contributed by atoms with Crippen molar-refractivity contribution in [2.24, 2.45) is 4.99 Å². The van der Waals surface area contributed by atoms with E-state index in [0.29, 0.717) is 38.3 Å². The van der Waals surface area contributed by atoms with Gasteiger partial charge in [-0.25, -0.2) is 0 Å². The number of aromatic hydroxyl groups is 1. The first-order valence-corrected chi connectivity index (χ1v) is 10.6. The molecular formula is C21H34N6O4. The number of nitrogens with one attached hydrogen (secondary N) is 3. The van der Waals surface area contributed by atoms with Crippen LogP contribution in [-0.4, -0.2) is 105 Å². The van der Waals surface area contributed by atoms with E-state index < -0.39 is 0 Å². The summed E-state index contributed by atoms with van der Waals surface area (Å²) in [4.78, 5) is 33.0. The van der Waals surface area contributed by atoms with Crippen molar-refractivity contribution in [2.75, 3.05) is 72.6 Å². The monoisotopic (exact) mass is 434 g/mol. The Labute approximate surface area is 183 Å². The summed E-state index contributed by atoms with van der Waals surface area (Å²) in [6, 6.07) is 6.13. The fourth-order valence-electron chi connectivity index (χ4n) is 3.14. The van der Waals surface area contributed by atoms with E-state index in [4.69, 9.17) is 4.74 Å². The van der Waals surface area contributed by atoms with E-state index >= 15 is 0 Å². The van der Waals surface area contributed by atoms with Gasteiger partial charge in [0, 0.05) is 58.5 Å². The normalized spacial score (nSPS) is 14.9. The molecule has 1 aromatic carbocycles. The number of phenolic OH excluding ortho intramolecular Hbond substituents is 1. The zero-order valence-electron chi connectivity index (χ0n) is 18.4. The van der Waals surface area contributed by atoms with Crippen molar-refractivity contribution >= 4 is 17.8 Å². The maximum Gasteiger partial charge on any atom is 0.251 e. The van der Waals surface area contributed by atoms with Crippen LogP contribution in [0.5, 0.6) is 5.75 Å². The first-order valence-electron chi connectivity index (χ1n) is 10.6. The lowest BCUT2D eigenvalue weighted by Crippen LogP contribution is -2.54. The van der Waals surface area contributed by atoms with Crippen LogP contribution >= 0.6 is 0 Å². The largest absolute Gasteiger partial charge is 0.508 e. The van der Waals surface area contributed by atoms with Crippen LogP contribution < -0.4 is 16.0 Å². The Morgan fingerprint density at radius 3 is 2.42 bits per heavy atom. The van der Waals surface area contributed by atoms with Crippen molar-refractivity contribution in [1.29, 1.82) is 0 Å². The molecule has 1 aromatic rings. The summed E-state index contributed by atoms with van der Waals surface area (Å²) in [5.74, 6) is 0.752. The number of benzene rings is 1. The van der Waals surface area contributed by atoms with Crippen LogP contribution in [0, 0.1) is 0 Å². The Balaban J connectivity index is 1.75. The number of phenols is 1. The van der Waals surface area contributed by atoms with E-state index in [2.05, 4.69) is 30.7 Å². The number of aliphatic imine (C=N–C) groups is 1. The van der Waals surface area contributed by atoms with Gasteiger partial charge in [0.15, 0.2) is 5.96 Å². The summed E-state index contributed by atoms with van der Waals surface area (Å²) in [6.45, 7) is 8.16. The van der Waals surface area contributed by atoms with Gasteiger partial charge in [-0.3, -0.25) is 19.5 Å². The molecule has 0 spiro atoms. The lowest BCUT2D eigenvalue weighted by Gasteiger charge is -2.36. The highest BCUT2D eigenvalue weighted by molar-refractivity contribution is 5.94. The quantitative estimate of drug-likeness (QED) is 0.222. The van der Waals surface area contributed by atoms with Crippen molar-refractivity contribution in [1.82, 2.24) is 25.8 Å². The van der Waals surface area contributed by atoms with Crippen LogP contribution in [-0.2, 0) is 9.53 Å². The molecule has 1 aliphatic heterocycles. The summed E-state index contributed by atoms with van der Waals surface area (Å²) in [5, 5.41) is 18.3. The van der Waals surface area contributed by atoms with Gasteiger partial charge in [0.05, 0.1) is 19.7 Å². The topological polar surface area (TPSA) is 119 Å². The molecule has 1 fully saturated rings. The predicted molar refractivity (Wildman–Crippen MR) is 119 cm³/mol.